The van der Waals surface area contributed by atoms with Crippen LogP contribution < -0.4 is 11.5 Å². The van der Waals surface area contributed by atoms with Crippen LogP contribution >= 0.6 is 35.4 Å². The fraction of sp³-hybridized carbons (Fsp3) is 0.143. The number of aromatic amines is 1. The number of H-pyrrole nitrogens is 1. The molecular weight excluding hydrogens is 327 g/mol. The van der Waals surface area contributed by atoms with Crippen LogP contribution in [0.5, 0.6) is 0 Å². The maximum absolute atomic E-state index is 6.08. The number of benzene rings is 1. The number of rotatable bonds is 3. The molecule has 7 heteroatoms. The Morgan fingerprint density at radius 3 is 2.71 bits per heavy atom. The zero-order valence-corrected chi connectivity index (χ0v) is 13.6. The summed E-state index contributed by atoms with van der Waals surface area (Å²) in [5.41, 5.74) is 14.3. The van der Waals surface area contributed by atoms with Gasteiger partial charge < -0.3 is 16.5 Å². The van der Waals surface area contributed by atoms with Crippen molar-refractivity contribution in [2.24, 2.45) is 11.5 Å². The van der Waals surface area contributed by atoms with Gasteiger partial charge in [-0.3, -0.25) is 0 Å². The second-order valence-electron chi connectivity index (χ2n) is 4.40. The van der Waals surface area contributed by atoms with Crippen LogP contribution in [0.15, 0.2) is 24.3 Å². The number of nitrogens with zero attached hydrogens (tertiary/aromatic N) is 1. The summed E-state index contributed by atoms with van der Waals surface area (Å²) < 4.78 is 0.412. The zero-order chi connectivity index (χ0) is 15.6. The van der Waals surface area contributed by atoms with Crippen LogP contribution in [0, 0.1) is 11.6 Å². The van der Waals surface area contributed by atoms with Crippen molar-refractivity contribution in [3.63, 3.8) is 0 Å². The molecule has 21 heavy (non-hydrogen) atoms. The summed E-state index contributed by atoms with van der Waals surface area (Å²) in [5.74, 6) is 0.686. The maximum atomic E-state index is 6.08. The summed E-state index contributed by atoms with van der Waals surface area (Å²) >= 11 is 17.4. The van der Waals surface area contributed by atoms with Crippen LogP contribution in [0.1, 0.15) is 11.4 Å². The molecule has 0 saturated carbocycles. The molecule has 1 heterocycles. The van der Waals surface area contributed by atoms with Crippen molar-refractivity contribution in [1.82, 2.24) is 9.97 Å². The molecule has 0 saturated heterocycles. The van der Waals surface area contributed by atoms with E-state index in [2.05, 4.69) is 9.97 Å². The van der Waals surface area contributed by atoms with Crippen molar-refractivity contribution in [1.29, 1.82) is 0 Å². The van der Waals surface area contributed by atoms with Gasteiger partial charge in [0.25, 0.3) is 0 Å². The highest BCUT2D eigenvalue weighted by Gasteiger charge is 2.13. The Morgan fingerprint density at radius 2 is 2.10 bits per heavy atom. The second-order valence-corrected chi connectivity index (χ2v) is 5.60. The van der Waals surface area contributed by atoms with E-state index >= 15 is 0 Å². The number of halogens is 2. The van der Waals surface area contributed by atoms with Gasteiger partial charge in [-0.25, -0.2) is 4.98 Å². The lowest BCUT2D eigenvalue weighted by molar-refractivity contribution is 1.03. The van der Waals surface area contributed by atoms with Crippen molar-refractivity contribution in [2.75, 3.05) is 6.54 Å². The molecule has 2 aromatic rings. The van der Waals surface area contributed by atoms with Gasteiger partial charge in [-0.1, -0.05) is 41.5 Å². The molecule has 0 radical (unpaired) electrons. The van der Waals surface area contributed by atoms with Crippen LogP contribution in [0.25, 0.3) is 17.0 Å². The molecule has 0 aliphatic heterocycles. The summed E-state index contributed by atoms with van der Waals surface area (Å²) in [6.45, 7) is 2.14. The number of nitrogens with one attached hydrogen (secondary N) is 1. The fourth-order valence-corrected chi connectivity index (χ4v) is 2.61. The summed E-state index contributed by atoms with van der Waals surface area (Å²) in [4.78, 5) is 7.42. The van der Waals surface area contributed by atoms with E-state index in [1.54, 1.807) is 18.2 Å². The summed E-state index contributed by atoms with van der Waals surface area (Å²) in [6, 6.07) is 5.31. The topological polar surface area (TPSA) is 80.7 Å². The molecule has 0 aliphatic rings. The van der Waals surface area contributed by atoms with E-state index in [1.165, 1.54) is 0 Å². The van der Waals surface area contributed by atoms with Crippen molar-refractivity contribution in [3.8, 4) is 11.3 Å². The monoisotopic (exact) mass is 340 g/mol. The van der Waals surface area contributed by atoms with Crippen LogP contribution in [0.3, 0.4) is 0 Å². The van der Waals surface area contributed by atoms with E-state index < -0.39 is 0 Å². The minimum absolute atomic E-state index is 0.315. The SMILES string of the molecule is Cc1nc(=S)c(/C(N)=C/CN)c(-c2ccc(Cl)c(Cl)c2)[nH]1. The summed E-state index contributed by atoms with van der Waals surface area (Å²) in [6.07, 6.45) is 1.69. The van der Waals surface area contributed by atoms with Gasteiger partial charge in [-0.2, -0.15) is 0 Å². The van der Waals surface area contributed by atoms with Crippen molar-refractivity contribution >= 4 is 41.1 Å². The van der Waals surface area contributed by atoms with Crippen molar-refractivity contribution in [2.45, 2.75) is 6.92 Å². The van der Waals surface area contributed by atoms with Gasteiger partial charge in [0.15, 0.2) is 0 Å². The fourth-order valence-electron chi connectivity index (χ4n) is 1.95. The first-order valence-corrected chi connectivity index (χ1v) is 7.33. The molecule has 0 bridgehead atoms. The Balaban J connectivity index is 2.75. The molecule has 0 amide bonds. The summed E-state index contributed by atoms with van der Waals surface area (Å²) in [5, 5.41) is 0.937. The molecule has 0 atom stereocenters. The predicted molar refractivity (Wildman–Crippen MR) is 90.8 cm³/mol. The molecule has 0 spiro atoms. The molecule has 1 aromatic carbocycles. The van der Waals surface area contributed by atoms with Gasteiger partial charge in [0, 0.05) is 17.8 Å². The maximum Gasteiger partial charge on any atom is 0.139 e. The summed E-state index contributed by atoms with van der Waals surface area (Å²) in [7, 11) is 0. The lowest BCUT2D eigenvalue weighted by Gasteiger charge is -2.12. The van der Waals surface area contributed by atoms with E-state index in [4.69, 9.17) is 46.9 Å². The average Bonchev–Trinajstić information content (AvgIpc) is 2.41. The van der Waals surface area contributed by atoms with E-state index in [0.29, 0.717) is 38.3 Å². The van der Waals surface area contributed by atoms with Gasteiger partial charge in [0.2, 0.25) is 0 Å². The van der Waals surface area contributed by atoms with E-state index in [1.807, 2.05) is 13.0 Å². The first-order valence-electron chi connectivity index (χ1n) is 6.16. The Bertz CT molecular complexity index is 768. The van der Waals surface area contributed by atoms with Crippen LogP contribution in [-0.2, 0) is 0 Å². The van der Waals surface area contributed by atoms with E-state index in [-0.39, 0.29) is 0 Å². The number of hydrogen-bond donors (Lipinski definition) is 3. The van der Waals surface area contributed by atoms with Gasteiger partial charge in [0.05, 0.1) is 21.3 Å². The Kier molecular flexibility index (Phi) is 5.00. The number of nitrogens with two attached hydrogens (primary N) is 2. The molecule has 2 rings (SSSR count). The number of aromatic nitrogens is 2. The molecule has 0 unspecified atom stereocenters. The highest BCUT2D eigenvalue weighted by atomic mass is 35.5. The molecule has 110 valence electrons. The van der Waals surface area contributed by atoms with Gasteiger partial charge in [0.1, 0.15) is 10.5 Å². The first kappa shape index (κ1) is 16.0. The smallest absolute Gasteiger partial charge is 0.139 e. The normalized spacial score (nSPS) is 11.7. The standard InChI is InChI=1S/C14H14Cl2N4S/c1-7-19-13(8-2-3-9(15)10(16)6-8)12(14(21)20-7)11(18)4-5-17/h2-4,6H,5,17-18H2,1H3,(H,19,20,21)/b11-4-. The minimum Gasteiger partial charge on any atom is -0.398 e. The lowest BCUT2D eigenvalue weighted by Crippen LogP contribution is -2.07. The van der Waals surface area contributed by atoms with Crippen molar-refractivity contribution in [3.05, 3.63) is 50.3 Å². The predicted octanol–water partition coefficient (Wildman–Crippen LogP) is 3.68. The Morgan fingerprint density at radius 1 is 1.38 bits per heavy atom. The van der Waals surface area contributed by atoms with Crippen LogP contribution in [-0.4, -0.2) is 16.5 Å². The quantitative estimate of drug-likeness (QED) is 0.744. The van der Waals surface area contributed by atoms with E-state index in [0.717, 1.165) is 11.3 Å². The highest BCUT2D eigenvalue weighted by molar-refractivity contribution is 7.71. The van der Waals surface area contributed by atoms with Gasteiger partial charge in [-0.15, -0.1) is 0 Å². The number of aryl methyl sites for hydroxylation is 1. The van der Waals surface area contributed by atoms with Gasteiger partial charge >= 0.3 is 0 Å². The first-order chi connectivity index (χ1) is 9.93. The largest absolute Gasteiger partial charge is 0.398 e. The van der Waals surface area contributed by atoms with Crippen molar-refractivity contribution < 1.29 is 0 Å². The van der Waals surface area contributed by atoms with Gasteiger partial charge in [-0.05, 0) is 25.1 Å². The third-order valence-corrected chi connectivity index (χ3v) is 3.91. The second kappa shape index (κ2) is 6.58. The minimum atomic E-state index is 0.315. The third-order valence-electron chi connectivity index (χ3n) is 2.87. The molecule has 4 nitrogen and oxygen atoms in total. The Labute approximate surface area is 137 Å². The van der Waals surface area contributed by atoms with E-state index in [9.17, 15) is 0 Å². The molecular formula is C14H14Cl2N4S. The lowest BCUT2D eigenvalue weighted by atomic mass is 10.0. The zero-order valence-electron chi connectivity index (χ0n) is 11.3. The molecule has 1 aromatic heterocycles. The molecule has 5 N–H and O–H groups in total. The molecule has 0 fully saturated rings. The average molecular weight is 341 g/mol. The Hall–Kier alpha value is -1.40. The van der Waals surface area contributed by atoms with Crippen LogP contribution in [0.4, 0.5) is 0 Å². The molecule has 0 aliphatic carbocycles. The third kappa shape index (κ3) is 3.44. The highest BCUT2D eigenvalue weighted by Crippen LogP contribution is 2.31. The number of hydrogen-bond acceptors (Lipinski definition) is 4. The van der Waals surface area contributed by atoms with Crippen LogP contribution in [0.2, 0.25) is 10.0 Å².